The second kappa shape index (κ2) is 7.36. The van der Waals surface area contributed by atoms with E-state index >= 15 is 0 Å². The van der Waals surface area contributed by atoms with E-state index in [1.807, 2.05) is 0 Å². The van der Waals surface area contributed by atoms with E-state index in [1.165, 1.54) is 6.33 Å². The van der Waals surface area contributed by atoms with Crippen molar-refractivity contribution < 1.29 is 9.47 Å². The van der Waals surface area contributed by atoms with Crippen molar-refractivity contribution >= 4 is 5.82 Å². The van der Waals surface area contributed by atoms with Gasteiger partial charge in [-0.15, -0.1) is 0 Å². The van der Waals surface area contributed by atoms with E-state index in [1.54, 1.807) is 12.4 Å². The first-order valence-electron chi connectivity index (χ1n) is 7.88. The molecule has 8 heteroatoms. The van der Waals surface area contributed by atoms with Crippen LogP contribution in [0.5, 0.6) is 5.88 Å². The Hall–Kier alpha value is -2.22. The van der Waals surface area contributed by atoms with Gasteiger partial charge >= 0.3 is 0 Å². The second-order valence-electron chi connectivity index (χ2n) is 6.01. The van der Waals surface area contributed by atoms with Gasteiger partial charge in [-0.2, -0.15) is 5.10 Å². The summed E-state index contributed by atoms with van der Waals surface area (Å²) in [5.41, 5.74) is 0. The Morgan fingerprint density at radius 1 is 1.35 bits per heavy atom. The van der Waals surface area contributed by atoms with Gasteiger partial charge in [0, 0.05) is 31.5 Å². The number of hydrogen-bond acceptors (Lipinski definition) is 7. The monoisotopic (exact) mass is 318 g/mol. The number of aromatic amines is 1. The number of rotatable bonds is 7. The Bertz CT molecular complexity index is 604. The van der Waals surface area contributed by atoms with Crippen LogP contribution in [0.3, 0.4) is 0 Å². The normalized spacial score (nSPS) is 20.8. The molecule has 0 saturated carbocycles. The second-order valence-corrected chi connectivity index (χ2v) is 6.01. The largest absolute Gasteiger partial charge is 0.475 e. The summed E-state index contributed by atoms with van der Waals surface area (Å²) in [6.45, 7) is 6.24. The highest BCUT2D eigenvalue weighted by molar-refractivity contribution is 5.44. The van der Waals surface area contributed by atoms with Crippen LogP contribution in [0.15, 0.2) is 18.7 Å². The molecular formula is C15H22N6O2. The Balaban J connectivity index is 1.61. The molecule has 3 heterocycles. The average Bonchev–Trinajstić information content (AvgIpc) is 3.22. The topological polar surface area (TPSA) is 97.8 Å². The molecule has 1 fully saturated rings. The lowest BCUT2D eigenvalue weighted by atomic mass is 10.0. The van der Waals surface area contributed by atoms with Crippen molar-refractivity contribution in [2.45, 2.75) is 26.4 Å². The summed E-state index contributed by atoms with van der Waals surface area (Å²) >= 11 is 0. The maximum absolute atomic E-state index is 5.77. The third kappa shape index (κ3) is 3.95. The van der Waals surface area contributed by atoms with Gasteiger partial charge in [0.15, 0.2) is 11.6 Å². The molecule has 1 aliphatic rings. The summed E-state index contributed by atoms with van der Waals surface area (Å²) in [5, 5.41) is 10.1. The Labute approximate surface area is 135 Å². The molecule has 0 aliphatic carbocycles. The van der Waals surface area contributed by atoms with Gasteiger partial charge in [-0.3, -0.25) is 5.10 Å². The third-order valence-corrected chi connectivity index (χ3v) is 3.67. The van der Waals surface area contributed by atoms with Crippen LogP contribution in [-0.2, 0) is 4.74 Å². The van der Waals surface area contributed by atoms with Crippen LogP contribution >= 0.6 is 0 Å². The molecule has 23 heavy (non-hydrogen) atoms. The van der Waals surface area contributed by atoms with Crippen LogP contribution in [0.25, 0.3) is 0 Å². The predicted molar refractivity (Wildman–Crippen MR) is 84.0 cm³/mol. The SMILES string of the molecule is CC(C)COc1nccnc1NC[C@@H]1CCO[C@@H]1c1ncn[nH]1. The highest BCUT2D eigenvalue weighted by atomic mass is 16.5. The summed E-state index contributed by atoms with van der Waals surface area (Å²) in [6, 6.07) is 0. The molecule has 2 atom stereocenters. The van der Waals surface area contributed by atoms with Crippen molar-refractivity contribution in [3.63, 3.8) is 0 Å². The first-order valence-corrected chi connectivity index (χ1v) is 7.88. The Morgan fingerprint density at radius 2 is 2.22 bits per heavy atom. The maximum atomic E-state index is 5.77. The fraction of sp³-hybridized carbons (Fsp3) is 0.600. The first-order chi connectivity index (χ1) is 11.2. The summed E-state index contributed by atoms with van der Waals surface area (Å²) < 4.78 is 11.5. The molecule has 2 aromatic heterocycles. The van der Waals surface area contributed by atoms with Gasteiger partial charge in [-0.25, -0.2) is 15.0 Å². The van der Waals surface area contributed by atoms with Crippen LogP contribution in [0, 0.1) is 11.8 Å². The van der Waals surface area contributed by atoms with Crippen molar-refractivity contribution in [2.75, 3.05) is 25.1 Å². The van der Waals surface area contributed by atoms with Gasteiger partial charge in [0.2, 0.25) is 0 Å². The fourth-order valence-electron chi connectivity index (χ4n) is 2.52. The van der Waals surface area contributed by atoms with Crippen LogP contribution < -0.4 is 10.1 Å². The fourth-order valence-corrected chi connectivity index (χ4v) is 2.52. The number of aromatic nitrogens is 5. The lowest BCUT2D eigenvalue weighted by Crippen LogP contribution is -2.20. The molecule has 1 saturated heterocycles. The molecule has 8 nitrogen and oxygen atoms in total. The maximum Gasteiger partial charge on any atom is 0.257 e. The van der Waals surface area contributed by atoms with E-state index in [9.17, 15) is 0 Å². The quantitative estimate of drug-likeness (QED) is 0.803. The van der Waals surface area contributed by atoms with Crippen LogP contribution in [0.4, 0.5) is 5.82 Å². The number of anilines is 1. The summed E-state index contributed by atoms with van der Waals surface area (Å²) in [7, 11) is 0. The number of H-pyrrole nitrogens is 1. The van der Waals surface area contributed by atoms with E-state index in [-0.39, 0.29) is 6.10 Å². The summed E-state index contributed by atoms with van der Waals surface area (Å²) in [5.74, 6) is 2.70. The van der Waals surface area contributed by atoms with Crippen LogP contribution in [-0.4, -0.2) is 44.9 Å². The average molecular weight is 318 g/mol. The highest BCUT2D eigenvalue weighted by Gasteiger charge is 2.31. The Morgan fingerprint density at radius 3 is 3.00 bits per heavy atom. The smallest absolute Gasteiger partial charge is 0.257 e. The van der Waals surface area contributed by atoms with Crippen molar-refractivity contribution in [3.8, 4) is 5.88 Å². The van der Waals surface area contributed by atoms with Crippen LogP contribution in [0.2, 0.25) is 0 Å². The van der Waals surface area contributed by atoms with Gasteiger partial charge in [0.25, 0.3) is 5.88 Å². The predicted octanol–water partition coefficient (Wildman–Crippen LogP) is 1.82. The minimum atomic E-state index is -0.0679. The molecule has 3 rings (SSSR count). The number of hydrogen-bond donors (Lipinski definition) is 2. The van der Waals surface area contributed by atoms with E-state index in [0.717, 1.165) is 18.9 Å². The lowest BCUT2D eigenvalue weighted by molar-refractivity contribution is 0.0864. The molecular weight excluding hydrogens is 296 g/mol. The van der Waals surface area contributed by atoms with E-state index in [2.05, 4.69) is 44.3 Å². The summed E-state index contributed by atoms with van der Waals surface area (Å²) in [6.07, 6.45) is 5.69. The van der Waals surface area contributed by atoms with Gasteiger partial charge in [0.05, 0.1) is 6.61 Å². The molecule has 0 radical (unpaired) electrons. The number of nitrogens with zero attached hydrogens (tertiary/aromatic N) is 4. The van der Waals surface area contributed by atoms with Crippen molar-refractivity contribution in [1.29, 1.82) is 0 Å². The van der Waals surface area contributed by atoms with Crippen LogP contribution in [0.1, 0.15) is 32.2 Å². The molecule has 2 aromatic rings. The number of ether oxygens (including phenoxy) is 2. The standard InChI is InChI=1S/C15H22N6O2/c1-10(2)8-23-15-14(16-4-5-17-15)18-7-11-3-6-22-12(11)13-19-9-20-21-13/h4-5,9-12H,3,6-8H2,1-2H3,(H,16,18)(H,19,20,21)/t11-,12-/m0/s1. The lowest BCUT2D eigenvalue weighted by Gasteiger charge is -2.18. The molecule has 2 N–H and O–H groups in total. The van der Waals surface area contributed by atoms with Gasteiger partial charge in [-0.1, -0.05) is 13.8 Å². The molecule has 0 bridgehead atoms. The zero-order chi connectivity index (χ0) is 16.1. The van der Waals surface area contributed by atoms with Crippen molar-refractivity contribution in [2.24, 2.45) is 11.8 Å². The molecule has 0 aromatic carbocycles. The molecule has 1 aliphatic heterocycles. The van der Waals surface area contributed by atoms with Gasteiger partial charge in [0.1, 0.15) is 12.4 Å². The van der Waals surface area contributed by atoms with Crippen molar-refractivity contribution in [3.05, 3.63) is 24.5 Å². The molecule has 0 amide bonds. The molecule has 0 spiro atoms. The van der Waals surface area contributed by atoms with E-state index < -0.39 is 0 Å². The van der Waals surface area contributed by atoms with Gasteiger partial charge in [-0.05, 0) is 12.3 Å². The Kier molecular flexibility index (Phi) is 5.02. The first kappa shape index (κ1) is 15.7. The minimum absolute atomic E-state index is 0.0679. The van der Waals surface area contributed by atoms with Gasteiger partial charge < -0.3 is 14.8 Å². The van der Waals surface area contributed by atoms with E-state index in [4.69, 9.17) is 9.47 Å². The van der Waals surface area contributed by atoms with E-state index in [0.29, 0.717) is 36.7 Å². The van der Waals surface area contributed by atoms with Crippen molar-refractivity contribution in [1.82, 2.24) is 25.1 Å². The minimum Gasteiger partial charge on any atom is -0.475 e. The third-order valence-electron chi connectivity index (χ3n) is 3.67. The molecule has 0 unspecified atom stereocenters. The summed E-state index contributed by atoms with van der Waals surface area (Å²) in [4.78, 5) is 12.8. The zero-order valence-corrected chi connectivity index (χ0v) is 13.4. The zero-order valence-electron chi connectivity index (χ0n) is 13.4. The molecule has 124 valence electrons. The number of nitrogens with one attached hydrogen (secondary N) is 2. The highest BCUT2D eigenvalue weighted by Crippen LogP contribution is 2.32.